The third kappa shape index (κ3) is 7.38. The summed E-state index contributed by atoms with van der Waals surface area (Å²) in [5, 5.41) is 7.67. The Balaban J connectivity index is 0.00000320. The molecule has 1 fully saturated rings. The number of aromatic nitrogens is 1. The molecule has 1 aromatic carbocycles. The van der Waals surface area contributed by atoms with E-state index in [-0.39, 0.29) is 30.5 Å². The van der Waals surface area contributed by atoms with Crippen LogP contribution in [0.2, 0.25) is 0 Å². The molecule has 1 aromatic heterocycles. The number of rotatable bonds is 6. The number of nitrogens with one attached hydrogen (secondary N) is 2. The first-order valence-corrected chi connectivity index (χ1v) is 10.6. The average Bonchev–Trinajstić information content (AvgIpc) is 3.20. The quantitative estimate of drug-likeness (QED) is 0.311. The number of nitrogens with zero attached hydrogens (tertiary/aromatic N) is 3. The van der Waals surface area contributed by atoms with Crippen LogP contribution in [0.4, 0.5) is 13.2 Å². The molecule has 0 radical (unpaired) electrons. The van der Waals surface area contributed by atoms with E-state index in [0.29, 0.717) is 17.5 Å². The van der Waals surface area contributed by atoms with Crippen molar-refractivity contribution in [3.8, 4) is 0 Å². The van der Waals surface area contributed by atoms with Crippen LogP contribution in [0.25, 0.3) is 0 Å². The van der Waals surface area contributed by atoms with Crippen LogP contribution in [0.3, 0.4) is 0 Å². The Morgan fingerprint density at radius 2 is 1.77 bits per heavy atom. The lowest BCUT2D eigenvalue weighted by Crippen LogP contribution is -2.36. The SMILES string of the molecule is CN=C(NCc1nc(C(F)(F)F)cs1)NCc1ccccc1CN1CCCCC1.I. The molecule has 0 amide bonds. The van der Waals surface area contributed by atoms with Gasteiger partial charge < -0.3 is 10.6 Å². The van der Waals surface area contributed by atoms with Gasteiger partial charge in [0.15, 0.2) is 11.7 Å². The maximum atomic E-state index is 12.7. The van der Waals surface area contributed by atoms with Crippen molar-refractivity contribution < 1.29 is 13.2 Å². The summed E-state index contributed by atoms with van der Waals surface area (Å²) in [7, 11) is 1.64. The number of piperidine rings is 1. The first-order valence-electron chi connectivity index (χ1n) is 9.71. The van der Waals surface area contributed by atoms with E-state index >= 15 is 0 Å². The van der Waals surface area contributed by atoms with Crippen molar-refractivity contribution in [2.24, 2.45) is 4.99 Å². The molecule has 0 spiro atoms. The molecule has 10 heteroatoms. The van der Waals surface area contributed by atoms with Crippen molar-refractivity contribution >= 4 is 41.3 Å². The summed E-state index contributed by atoms with van der Waals surface area (Å²) in [6, 6.07) is 8.31. The highest BCUT2D eigenvalue weighted by Crippen LogP contribution is 2.29. The predicted molar refractivity (Wildman–Crippen MR) is 125 cm³/mol. The highest BCUT2D eigenvalue weighted by molar-refractivity contribution is 14.0. The lowest BCUT2D eigenvalue weighted by molar-refractivity contribution is -0.140. The number of aliphatic imine (C=N–C) groups is 1. The molecular formula is C20H27F3IN5S. The Bertz CT molecular complexity index is 819. The van der Waals surface area contributed by atoms with Gasteiger partial charge in [-0.05, 0) is 37.1 Å². The highest BCUT2D eigenvalue weighted by atomic mass is 127. The van der Waals surface area contributed by atoms with E-state index in [9.17, 15) is 13.2 Å². The summed E-state index contributed by atoms with van der Waals surface area (Å²) < 4.78 is 38.0. The van der Waals surface area contributed by atoms with Crippen molar-refractivity contribution in [1.29, 1.82) is 0 Å². The van der Waals surface area contributed by atoms with Crippen molar-refractivity contribution in [3.63, 3.8) is 0 Å². The molecule has 30 heavy (non-hydrogen) atoms. The van der Waals surface area contributed by atoms with E-state index < -0.39 is 11.9 Å². The van der Waals surface area contributed by atoms with Gasteiger partial charge in [0.25, 0.3) is 0 Å². The normalized spacial score (nSPS) is 15.5. The highest BCUT2D eigenvalue weighted by Gasteiger charge is 2.33. The number of halogens is 4. The second kappa shape index (κ2) is 11.8. The topological polar surface area (TPSA) is 52.6 Å². The van der Waals surface area contributed by atoms with E-state index in [0.717, 1.165) is 36.4 Å². The van der Waals surface area contributed by atoms with E-state index in [2.05, 4.69) is 43.7 Å². The Kier molecular flexibility index (Phi) is 9.82. The van der Waals surface area contributed by atoms with Gasteiger partial charge in [-0.25, -0.2) is 4.98 Å². The van der Waals surface area contributed by atoms with Crippen LogP contribution in [0.5, 0.6) is 0 Å². The lowest BCUT2D eigenvalue weighted by atomic mass is 10.0. The van der Waals surface area contributed by atoms with E-state index in [1.807, 2.05) is 6.07 Å². The molecule has 1 aliphatic heterocycles. The fourth-order valence-corrected chi connectivity index (χ4v) is 4.06. The van der Waals surface area contributed by atoms with Crippen molar-refractivity contribution in [3.05, 3.63) is 51.5 Å². The molecule has 166 valence electrons. The van der Waals surface area contributed by atoms with Gasteiger partial charge in [-0.2, -0.15) is 13.2 Å². The number of guanidine groups is 1. The second-order valence-corrected chi connectivity index (χ2v) is 7.95. The van der Waals surface area contributed by atoms with Gasteiger partial charge in [0.2, 0.25) is 0 Å². The summed E-state index contributed by atoms with van der Waals surface area (Å²) in [5.74, 6) is 0.529. The minimum atomic E-state index is -4.41. The molecule has 1 aliphatic rings. The molecule has 2 heterocycles. The van der Waals surface area contributed by atoms with Gasteiger partial charge in [-0.15, -0.1) is 35.3 Å². The maximum absolute atomic E-state index is 12.7. The minimum absolute atomic E-state index is 0. The van der Waals surface area contributed by atoms with Gasteiger partial charge in [0.05, 0.1) is 6.54 Å². The Labute approximate surface area is 196 Å². The zero-order valence-electron chi connectivity index (χ0n) is 16.8. The molecule has 2 N–H and O–H groups in total. The second-order valence-electron chi connectivity index (χ2n) is 7.01. The smallest absolute Gasteiger partial charge is 0.352 e. The predicted octanol–water partition coefficient (Wildman–Crippen LogP) is 4.63. The number of hydrogen-bond acceptors (Lipinski definition) is 4. The van der Waals surface area contributed by atoms with Gasteiger partial charge in [0.1, 0.15) is 5.01 Å². The van der Waals surface area contributed by atoms with Crippen molar-refractivity contribution in [1.82, 2.24) is 20.5 Å². The molecule has 0 aliphatic carbocycles. The van der Waals surface area contributed by atoms with Crippen molar-refractivity contribution in [2.45, 2.75) is 45.1 Å². The van der Waals surface area contributed by atoms with Crippen LogP contribution in [0, 0.1) is 0 Å². The summed E-state index contributed by atoms with van der Waals surface area (Å²) in [6.45, 7) is 3.99. The Morgan fingerprint density at radius 1 is 1.10 bits per heavy atom. The van der Waals surface area contributed by atoms with Crippen LogP contribution in [0.15, 0.2) is 34.6 Å². The summed E-state index contributed by atoms with van der Waals surface area (Å²) in [6.07, 6.45) is -0.592. The molecule has 2 aromatic rings. The number of benzene rings is 1. The largest absolute Gasteiger partial charge is 0.434 e. The van der Waals surface area contributed by atoms with Gasteiger partial charge in [-0.1, -0.05) is 30.7 Å². The fraction of sp³-hybridized carbons (Fsp3) is 0.500. The van der Waals surface area contributed by atoms with E-state index in [1.165, 1.54) is 30.4 Å². The standard InChI is InChI=1S/C20H26F3N5S.HI/c1-24-19(26-12-18-27-17(14-29-18)20(21,22)23)25-11-15-7-3-4-8-16(15)13-28-9-5-2-6-10-28;/h3-4,7-8,14H,2,5-6,9-13H2,1H3,(H2,24,25,26);1H. The zero-order valence-corrected chi connectivity index (χ0v) is 20.0. The average molecular weight is 553 g/mol. The van der Waals surface area contributed by atoms with Gasteiger partial charge in [0, 0.05) is 25.5 Å². The monoisotopic (exact) mass is 553 g/mol. The molecule has 0 unspecified atom stereocenters. The fourth-order valence-electron chi connectivity index (χ4n) is 3.32. The van der Waals surface area contributed by atoms with E-state index in [1.54, 1.807) is 7.05 Å². The maximum Gasteiger partial charge on any atom is 0.434 e. The Hall–Kier alpha value is -1.40. The Morgan fingerprint density at radius 3 is 2.40 bits per heavy atom. The molecule has 0 bridgehead atoms. The number of hydrogen-bond donors (Lipinski definition) is 2. The summed E-state index contributed by atoms with van der Waals surface area (Å²) in [5.41, 5.74) is 1.62. The summed E-state index contributed by atoms with van der Waals surface area (Å²) in [4.78, 5) is 10.3. The number of thiazole rings is 1. The molecule has 0 saturated carbocycles. The summed E-state index contributed by atoms with van der Waals surface area (Å²) >= 11 is 0.983. The van der Waals surface area contributed by atoms with Crippen LogP contribution in [-0.2, 0) is 25.8 Å². The third-order valence-corrected chi connectivity index (χ3v) is 5.73. The minimum Gasteiger partial charge on any atom is -0.352 e. The zero-order chi connectivity index (χ0) is 20.7. The van der Waals surface area contributed by atoms with Crippen LogP contribution < -0.4 is 10.6 Å². The molecular weight excluding hydrogens is 526 g/mol. The first-order chi connectivity index (χ1) is 14.0. The molecule has 3 rings (SSSR count). The lowest BCUT2D eigenvalue weighted by Gasteiger charge is -2.27. The number of alkyl halides is 3. The van der Waals surface area contributed by atoms with E-state index in [4.69, 9.17) is 0 Å². The third-order valence-electron chi connectivity index (χ3n) is 4.88. The molecule has 1 saturated heterocycles. The van der Waals surface area contributed by atoms with Crippen LogP contribution in [-0.4, -0.2) is 36.0 Å². The molecule has 0 atom stereocenters. The van der Waals surface area contributed by atoms with Gasteiger partial charge in [-0.3, -0.25) is 9.89 Å². The molecule has 5 nitrogen and oxygen atoms in total. The number of likely N-dealkylation sites (tertiary alicyclic amines) is 1. The van der Waals surface area contributed by atoms with Crippen molar-refractivity contribution in [2.75, 3.05) is 20.1 Å². The first kappa shape index (κ1) is 24.9. The van der Waals surface area contributed by atoms with Crippen LogP contribution in [0.1, 0.15) is 41.1 Å². The van der Waals surface area contributed by atoms with Crippen LogP contribution >= 0.6 is 35.3 Å². The van der Waals surface area contributed by atoms with Gasteiger partial charge >= 0.3 is 6.18 Å².